The Morgan fingerprint density at radius 2 is 1.70 bits per heavy atom. The number of carbonyl (C=O) groups excluding carboxylic acids is 2. The zero-order valence-electron chi connectivity index (χ0n) is 10.4. The van der Waals surface area contributed by atoms with Gasteiger partial charge in [-0.3, -0.25) is 4.79 Å². The van der Waals surface area contributed by atoms with Gasteiger partial charge in [0.1, 0.15) is 5.75 Å². The molecule has 0 saturated heterocycles. The lowest BCUT2D eigenvalue weighted by Crippen LogP contribution is -2.14. The Bertz CT molecular complexity index is 635. The molecule has 0 saturated carbocycles. The second-order valence-corrected chi connectivity index (χ2v) is 4.43. The Kier molecular flexibility index (Phi) is 4.38. The Labute approximate surface area is 120 Å². The van der Waals surface area contributed by atoms with E-state index in [-0.39, 0.29) is 23.7 Å². The van der Waals surface area contributed by atoms with Crippen LogP contribution in [0.1, 0.15) is 20.7 Å². The van der Waals surface area contributed by atoms with Crippen molar-refractivity contribution in [3.63, 3.8) is 0 Å². The topological polar surface area (TPSA) is 63.6 Å². The Morgan fingerprint density at radius 1 is 1.05 bits per heavy atom. The quantitative estimate of drug-likeness (QED) is 0.694. The third kappa shape index (κ3) is 3.36. The Morgan fingerprint density at radius 3 is 2.35 bits per heavy atom. The van der Waals surface area contributed by atoms with Gasteiger partial charge >= 0.3 is 5.97 Å². The summed E-state index contributed by atoms with van der Waals surface area (Å²) in [5.41, 5.74) is 0.572. The molecule has 0 bridgehead atoms. The van der Waals surface area contributed by atoms with Gasteiger partial charge in [-0.2, -0.15) is 0 Å². The third-order valence-corrected chi connectivity index (χ3v) is 2.94. The van der Waals surface area contributed by atoms with Crippen molar-refractivity contribution in [1.29, 1.82) is 0 Å². The zero-order chi connectivity index (χ0) is 14.5. The van der Waals surface area contributed by atoms with Gasteiger partial charge < -0.3 is 9.84 Å². The van der Waals surface area contributed by atoms with Crippen molar-refractivity contribution in [1.82, 2.24) is 0 Å². The summed E-state index contributed by atoms with van der Waals surface area (Å²) in [7, 11) is 0. The fraction of sp³-hybridized carbons (Fsp3) is 0.0667. The summed E-state index contributed by atoms with van der Waals surface area (Å²) >= 11 is 5.88. The van der Waals surface area contributed by atoms with Crippen LogP contribution in [-0.4, -0.2) is 23.5 Å². The van der Waals surface area contributed by atoms with Gasteiger partial charge in [-0.05, 0) is 36.4 Å². The molecular weight excluding hydrogens is 280 g/mol. The largest absolute Gasteiger partial charge is 0.508 e. The molecule has 2 aromatic carbocycles. The van der Waals surface area contributed by atoms with Gasteiger partial charge in [0.05, 0.1) is 10.6 Å². The molecule has 4 nitrogen and oxygen atoms in total. The molecule has 0 spiro atoms. The molecule has 102 valence electrons. The third-order valence-electron chi connectivity index (χ3n) is 2.61. The number of aromatic hydroxyl groups is 1. The van der Waals surface area contributed by atoms with E-state index in [2.05, 4.69) is 0 Å². The molecule has 0 aliphatic rings. The number of rotatable bonds is 4. The maximum atomic E-state index is 11.9. The standard InChI is InChI=1S/C15H11ClO4/c16-13-4-2-1-3-12(13)14(18)9-20-15(19)10-5-7-11(17)8-6-10/h1-8,17H,9H2. The normalized spacial score (nSPS) is 10.1. The molecule has 0 heterocycles. The van der Waals surface area contributed by atoms with Crippen LogP contribution in [0.2, 0.25) is 5.02 Å². The van der Waals surface area contributed by atoms with E-state index in [1.54, 1.807) is 24.3 Å². The summed E-state index contributed by atoms with van der Waals surface area (Å²) < 4.78 is 4.91. The summed E-state index contributed by atoms with van der Waals surface area (Å²) in [5, 5.41) is 9.43. The second kappa shape index (κ2) is 6.21. The van der Waals surface area contributed by atoms with Crippen molar-refractivity contribution in [3.8, 4) is 5.75 Å². The molecule has 2 aromatic rings. The van der Waals surface area contributed by atoms with Crippen LogP contribution in [0.15, 0.2) is 48.5 Å². The first-order valence-corrected chi connectivity index (χ1v) is 6.19. The van der Waals surface area contributed by atoms with E-state index in [1.807, 2.05) is 0 Å². The Hall–Kier alpha value is -2.33. The molecule has 0 aliphatic carbocycles. The minimum absolute atomic E-state index is 0.0497. The minimum Gasteiger partial charge on any atom is -0.508 e. The summed E-state index contributed by atoms with van der Waals surface area (Å²) in [6.07, 6.45) is 0. The predicted molar refractivity (Wildman–Crippen MR) is 74.2 cm³/mol. The summed E-state index contributed by atoms with van der Waals surface area (Å²) in [4.78, 5) is 23.5. The SMILES string of the molecule is O=C(OCC(=O)c1ccccc1Cl)c1ccc(O)cc1. The lowest BCUT2D eigenvalue weighted by molar-refractivity contribution is 0.0475. The lowest BCUT2D eigenvalue weighted by Gasteiger charge is -2.05. The number of ether oxygens (including phenoxy) is 1. The van der Waals surface area contributed by atoms with Crippen molar-refractivity contribution >= 4 is 23.4 Å². The smallest absolute Gasteiger partial charge is 0.338 e. The van der Waals surface area contributed by atoms with Gasteiger partial charge in [0.25, 0.3) is 0 Å². The van der Waals surface area contributed by atoms with Crippen LogP contribution in [0.4, 0.5) is 0 Å². The summed E-state index contributed by atoms with van der Waals surface area (Å²) in [5.74, 6) is -0.957. The monoisotopic (exact) mass is 290 g/mol. The van der Waals surface area contributed by atoms with Crippen LogP contribution in [-0.2, 0) is 4.74 Å². The first-order chi connectivity index (χ1) is 9.58. The predicted octanol–water partition coefficient (Wildman–Crippen LogP) is 3.09. The van der Waals surface area contributed by atoms with E-state index >= 15 is 0 Å². The molecule has 0 aromatic heterocycles. The number of hydrogen-bond donors (Lipinski definition) is 1. The van der Waals surface area contributed by atoms with Gasteiger partial charge in [0.2, 0.25) is 5.78 Å². The van der Waals surface area contributed by atoms with E-state index in [0.29, 0.717) is 10.6 Å². The Balaban J connectivity index is 1.99. The van der Waals surface area contributed by atoms with Gasteiger partial charge in [-0.15, -0.1) is 0 Å². The van der Waals surface area contributed by atoms with Crippen molar-refractivity contribution in [2.45, 2.75) is 0 Å². The van der Waals surface area contributed by atoms with Gasteiger partial charge in [0.15, 0.2) is 6.61 Å². The maximum absolute atomic E-state index is 11.9. The van der Waals surface area contributed by atoms with Crippen LogP contribution in [0.5, 0.6) is 5.75 Å². The second-order valence-electron chi connectivity index (χ2n) is 4.03. The molecule has 0 radical (unpaired) electrons. The average Bonchev–Trinajstić information content (AvgIpc) is 2.45. The van der Waals surface area contributed by atoms with Gasteiger partial charge in [0, 0.05) is 5.56 Å². The van der Waals surface area contributed by atoms with Crippen LogP contribution < -0.4 is 0 Å². The number of ketones is 1. The molecule has 1 N–H and O–H groups in total. The van der Waals surface area contributed by atoms with E-state index in [1.165, 1.54) is 24.3 Å². The number of hydrogen-bond acceptors (Lipinski definition) is 4. The molecule has 0 aliphatic heterocycles. The maximum Gasteiger partial charge on any atom is 0.338 e. The van der Waals surface area contributed by atoms with Crippen LogP contribution in [0.3, 0.4) is 0 Å². The van der Waals surface area contributed by atoms with Crippen LogP contribution >= 0.6 is 11.6 Å². The molecule has 20 heavy (non-hydrogen) atoms. The van der Waals surface area contributed by atoms with E-state index in [0.717, 1.165) is 0 Å². The highest BCUT2D eigenvalue weighted by Crippen LogP contribution is 2.16. The zero-order valence-corrected chi connectivity index (χ0v) is 11.1. The number of halogens is 1. The first kappa shape index (κ1) is 14.1. The number of benzene rings is 2. The molecule has 0 amide bonds. The molecule has 0 unspecified atom stereocenters. The highest BCUT2D eigenvalue weighted by molar-refractivity contribution is 6.34. The highest BCUT2D eigenvalue weighted by atomic mass is 35.5. The van der Waals surface area contributed by atoms with Crippen molar-refractivity contribution in [2.75, 3.05) is 6.61 Å². The highest BCUT2D eigenvalue weighted by Gasteiger charge is 2.13. The van der Waals surface area contributed by atoms with Gasteiger partial charge in [-0.1, -0.05) is 23.7 Å². The molecule has 0 atom stereocenters. The van der Waals surface area contributed by atoms with E-state index < -0.39 is 5.97 Å². The number of carbonyl (C=O) groups is 2. The van der Waals surface area contributed by atoms with Crippen molar-refractivity contribution < 1.29 is 19.4 Å². The van der Waals surface area contributed by atoms with Crippen molar-refractivity contribution in [2.24, 2.45) is 0 Å². The fourth-order valence-corrected chi connectivity index (χ4v) is 1.82. The van der Waals surface area contributed by atoms with E-state index in [4.69, 9.17) is 21.4 Å². The summed E-state index contributed by atoms with van der Waals surface area (Å²) in [6.45, 7) is -0.385. The molecule has 5 heteroatoms. The lowest BCUT2D eigenvalue weighted by atomic mass is 10.1. The number of phenols is 1. The number of phenolic OH excluding ortho intramolecular Hbond substituents is 1. The number of esters is 1. The first-order valence-electron chi connectivity index (χ1n) is 5.82. The average molecular weight is 291 g/mol. The van der Waals surface area contributed by atoms with E-state index in [9.17, 15) is 9.59 Å². The molecular formula is C15H11ClO4. The minimum atomic E-state index is -0.634. The molecule has 0 fully saturated rings. The van der Waals surface area contributed by atoms with Gasteiger partial charge in [-0.25, -0.2) is 4.79 Å². The molecule has 2 rings (SSSR count). The fourth-order valence-electron chi connectivity index (χ4n) is 1.58. The number of Topliss-reactive ketones (excluding diaryl/α,β-unsaturated/α-hetero) is 1. The van der Waals surface area contributed by atoms with Crippen LogP contribution in [0.25, 0.3) is 0 Å². The summed E-state index contributed by atoms with van der Waals surface area (Å²) in [6, 6.07) is 12.1. The van der Waals surface area contributed by atoms with Crippen LogP contribution in [0, 0.1) is 0 Å². The van der Waals surface area contributed by atoms with Crippen molar-refractivity contribution in [3.05, 3.63) is 64.7 Å².